The van der Waals surface area contributed by atoms with Crippen LogP contribution in [0.25, 0.3) is 33.2 Å². The third-order valence-electron chi connectivity index (χ3n) is 6.37. The number of hydrogen-bond acceptors (Lipinski definition) is 3. The number of rotatable bonds is 5. The number of hydrogen-bond donors (Lipinski definition) is 2. The molecule has 2 N–H and O–H groups in total. The zero-order valence-electron chi connectivity index (χ0n) is 18.5. The van der Waals surface area contributed by atoms with Gasteiger partial charge in [-0.3, -0.25) is 9.89 Å². The smallest absolute Gasteiger partial charge is 0.272 e. The summed E-state index contributed by atoms with van der Waals surface area (Å²) in [5.41, 5.74) is 10.7. The van der Waals surface area contributed by atoms with E-state index in [4.69, 9.17) is 0 Å². The molecule has 34 heavy (non-hydrogen) atoms. The van der Waals surface area contributed by atoms with Crippen molar-refractivity contribution < 1.29 is 4.79 Å². The Hall–Kier alpha value is -4.51. The number of aryl methyl sites for hydroxylation is 2. The van der Waals surface area contributed by atoms with Gasteiger partial charge in [-0.1, -0.05) is 84.9 Å². The Balaban J connectivity index is 1.17. The quantitative estimate of drug-likeness (QED) is 0.268. The van der Waals surface area contributed by atoms with E-state index in [-0.39, 0.29) is 5.91 Å². The highest BCUT2D eigenvalue weighted by Crippen LogP contribution is 2.36. The van der Waals surface area contributed by atoms with Crippen molar-refractivity contribution in [1.29, 1.82) is 0 Å². The van der Waals surface area contributed by atoms with Crippen LogP contribution in [0.4, 0.5) is 0 Å². The van der Waals surface area contributed by atoms with Crippen LogP contribution in [-0.2, 0) is 12.8 Å². The molecule has 0 spiro atoms. The van der Waals surface area contributed by atoms with E-state index in [1.165, 1.54) is 21.9 Å². The van der Waals surface area contributed by atoms with Crippen molar-refractivity contribution in [3.63, 3.8) is 0 Å². The number of carbonyl (C=O) groups excluding carboxylic acids is 1. The van der Waals surface area contributed by atoms with Gasteiger partial charge in [-0.05, 0) is 57.5 Å². The van der Waals surface area contributed by atoms with Crippen LogP contribution in [0.1, 0.15) is 27.2 Å². The molecule has 1 aliphatic carbocycles. The molecule has 1 aliphatic rings. The molecule has 1 aromatic heterocycles. The molecule has 0 saturated heterocycles. The average Bonchev–Trinajstić information content (AvgIpc) is 3.54. The number of aromatic nitrogens is 2. The van der Waals surface area contributed by atoms with E-state index in [2.05, 4.69) is 63.2 Å². The van der Waals surface area contributed by atoms with E-state index in [1.54, 1.807) is 12.3 Å². The Kier molecular flexibility index (Phi) is 5.00. The van der Waals surface area contributed by atoms with E-state index in [0.29, 0.717) is 5.69 Å². The molecular formula is C29H22N4O. The topological polar surface area (TPSA) is 70.1 Å². The second kappa shape index (κ2) is 8.45. The summed E-state index contributed by atoms with van der Waals surface area (Å²) < 4.78 is 0. The molecule has 164 valence electrons. The van der Waals surface area contributed by atoms with Crippen LogP contribution in [0.5, 0.6) is 0 Å². The van der Waals surface area contributed by atoms with E-state index in [9.17, 15) is 4.79 Å². The molecule has 0 aliphatic heterocycles. The number of amides is 1. The Morgan fingerprint density at radius 3 is 2.44 bits per heavy atom. The van der Waals surface area contributed by atoms with Gasteiger partial charge in [0, 0.05) is 5.56 Å². The van der Waals surface area contributed by atoms with Crippen molar-refractivity contribution in [2.75, 3.05) is 0 Å². The molecule has 0 unspecified atom stereocenters. The number of carbonyl (C=O) groups is 1. The molecule has 0 saturated carbocycles. The van der Waals surface area contributed by atoms with Gasteiger partial charge in [0.25, 0.3) is 5.91 Å². The van der Waals surface area contributed by atoms with E-state index < -0.39 is 0 Å². The van der Waals surface area contributed by atoms with Gasteiger partial charge in [-0.15, -0.1) is 0 Å². The Morgan fingerprint density at radius 1 is 0.853 bits per heavy atom. The van der Waals surface area contributed by atoms with Gasteiger partial charge in [0.1, 0.15) is 5.69 Å². The maximum Gasteiger partial charge on any atom is 0.289 e. The zero-order valence-corrected chi connectivity index (χ0v) is 18.5. The molecule has 4 aromatic carbocycles. The molecule has 1 amide bonds. The van der Waals surface area contributed by atoms with E-state index >= 15 is 0 Å². The molecular weight excluding hydrogens is 420 g/mol. The molecule has 6 rings (SSSR count). The summed E-state index contributed by atoms with van der Waals surface area (Å²) in [6.07, 6.45) is 3.79. The highest BCUT2D eigenvalue weighted by molar-refractivity contribution is 6.02. The highest BCUT2D eigenvalue weighted by atomic mass is 16.2. The van der Waals surface area contributed by atoms with Crippen LogP contribution in [0.15, 0.2) is 96.1 Å². The van der Waals surface area contributed by atoms with Crippen LogP contribution in [0.3, 0.4) is 0 Å². The van der Waals surface area contributed by atoms with E-state index in [1.807, 2.05) is 42.5 Å². The molecule has 5 heteroatoms. The maximum absolute atomic E-state index is 12.6. The van der Waals surface area contributed by atoms with Gasteiger partial charge in [0.15, 0.2) is 0 Å². The fourth-order valence-electron chi connectivity index (χ4n) is 4.66. The first-order valence-electron chi connectivity index (χ1n) is 11.3. The minimum atomic E-state index is -0.332. The lowest BCUT2D eigenvalue weighted by Gasteiger charge is -2.06. The summed E-state index contributed by atoms with van der Waals surface area (Å²) in [5, 5.41) is 13.9. The third-order valence-corrected chi connectivity index (χ3v) is 6.37. The lowest BCUT2D eigenvalue weighted by molar-refractivity contribution is 0.0950. The number of nitrogens with one attached hydrogen (secondary N) is 2. The Labute approximate surface area is 197 Å². The maximum atomic E-state index is 12.6. The minimum Gasteiger partial charge on any atom is -0.272 e. The SMILES string of the molecule is O=C(N/N=C\c1ccc(-c2ccccc2)cc1)c1cc(-c2ccc3c4c(cccc24)CC3)n[nH]1. The number of H-pyrrole nitrogens is 1. The molecule has 1 heterocycles. The van der Waals surface area contributed by atoms with Crippen LogP contribution in [0, 0.1) is 0 Å². The normalized spacial score (nSPS) is 12.5. The summed E-state index contributed by atoms with van der Waals surface area (Å²) in [7, 11) is 0. The van der Waals surface area contributed by atoms with Crippen LogP contribution in [-0.4, -0.2) is 22.3 Å². The van der Waals surface area contributed by atoms with Gasteiger partial charge in [-0.2, -0.15) is 10.2 Å². The van der Waals surface area contributed by atoms with Crippen molar-refractivity contribution in [3.8, 4) is 22.4 Å². The molecule has 5 nitrogen and oxygen atoms in total. The highest BCUT2D eigenvalue weighted by Gasteiger charge is 2.18. The summed E-state index contributed by atoms with van der Waals surface area (Å²) in [5.74, 6) is -0.332. The second-order valence-electron chi connectivity index (χ2n) is 8.47. The van der Waals surface area contributed by atoms with Crippen LogP contribution < -0.4 is 5.43 Å². The molecule has 0 radical (unpaired) electrons. The summed E-state index contributed by atoms with van der Waals surface area (Å²) in [6.45, 7) is 0. The van der Waals surface area contributed by atoms with Crippen LogP contribution >= 0.6 is 0 Å². The standard InChI is InChI=1S/C29H22N4O/c34-29(33-30-18-19-9-11-21(12-10-19)20-5-2-1-3-6-20)27-17-26(31-32-27)24-16-15-23-14-13-22-7-4-8-25(24)28(22)23/h1-12,15-18H,13-14H2,(H,31,32)(H,33,34)/b30-18-. The second-order valence-corrected chi connectivity index (χ2v) is 8.47. The fourth-order valence-corrected chi connectivity index (χ4v) is 4.66. The van der Waals surface area contributed by atoms with Crippen molar-refractivity contribution >= 4 is 22.9 Å². The van der Waals surface area contributed by atoms with Crippen molar-refractivity contribution in [3.05, 3.63) is 113 Å². The van der Waals surface area contributed by atoms with E-state index in [0.717, 1.165) is 40.8 Å². The zero-order chi connectivity index (χ0) is 22.9. The molecule has 0 atom stereocenters. The van der Waals surface area contributed by atoms with Gasteiger partial charge >= 0.3 is 0 Å². The predicted molar refractivity (Wildman–Crippen MR) is 136 cm³/mol. The largest absolute Gasteiger partial charge is 0.289 e. The number of nitrogens with zero attached hydrogens (tertiary/aromatic N) is 2. The minimum absolute atomic E-state index is 0.332. The van der Waals surface area contributed by atoms with Gasteiger partial charge in [0.05, 0.1) is 11.9 Å². The molecule has 5 aromatic rings. The summed E-state index contributed by atoms with van der Waals surface area (Å²) in [6, 6.07) is 30.7. The molecule has 0 bridgehead atoms. The predicted octanol–water partition coefficient (Wildman–Crippen LogP) is 5.76. The van der Waals surface area contributed by atoms with Gasteiger partial charge in [0.2, 0.25) is 0 Å². The van der Waals surface area contributed by atoms with Gasteiger partial charge in [-0.25, -0.2) is 5.43 Å². The summed E-state index contributed by atoms with van der Waals surface area (Å²) >= 11 is 0. The number of benzene rings is 4. The van der Waals surface area contributed by atoms with Crippen molar-refractivity contribution in [2.45, 2.75) is 12.8 Å². The first kappa shape index (κ1) is 20.1. The first-order valence-corrected chi connectivity index (χ1v) is 11.3. The summed E-state index contributed by atoms with van der Waals surface area (Å²) in [4.78, 5) is 12.6. The number of aromatic amines is 1. The third kappa shape index (κ3) is 3.67. The van der Waals surface area contributed by atoms with Crippen molar-refractivity contribution in [1.82, 2.24) is 15.6 Å². The lowest BCUT2D eigenvalue weighted by Crippen LogP contribution is -2.17. The average molecular weight is 443 g/mol. The number of hydrazone groups is 1. The lowest BCUT2D eigenvalue weighted by atomic mass is 9.98. The van der Waals surface area contributed by atoms with Crippen molar-refractivity contribution in [2.24, 2.45) is 5.10 Å². The van der Waals surface area contributed by atoms with Crippen LogP contribution in [0.2, 0.25) is 0 Å². The first-order chi connectivity index (χ1) is 16.8. The monoisotopic (exact) mass is 442 g/mol. The Bertz CT molecular complexity index is 1520. The van der Waals surface area contributed by atoms with Gasteiger partial charge < -0.3 is 0 Å². The molecule has 0 fully saturated rings. The Morgan fingerprint density at radius 2 is 1.62 bits per heavy atom. The fraction of sp³-hybridized carbons (Fsp3) is 0.0690.